The second-order valence-electron chi connectivity index (χ2n) is 6.15. The zero-order valence-electron chi connectivity index (χ0n) is 16.0. The minimum Gasteiger partial charge on any atom is -0.493 e. The van der Waals surface area contributed by atoms with Gasteiger partial charge in [0.25, 0.3) is 5.91 Å². The van der Waals surface area contributed by atoms with Crippen molar-refractivity contribution < 1.29 is 27.4 Å². The maximum absolute atomic E-state index is 12.8. The Labute approximate surface area is 180 Å². The van der Waals surface area contributed by atoms with Crippen molar-refractivity contribution in [2.24, 2.45) is 5.10 Å². The molecule has 0 heterocycles. The van der Waals surface area contributed by atoms with E-state index in [0.29, 0.717) is 17.1 Å². The molecule has 0 aliphatic carbocycles. The summed E-state index contributed by atoms with van der Waals surface area (Å²) in [4.78, 5) is 12.1. The Balaban J connectivity index is 2.14. The number of halogens is 4. The van der Waals surface area contributed by atoms with Gasteiger partial charge < -0.3 is 9.47 Å². The van der Waals surface area contributed by atoms with E-state index in [1.807, 2.05) is 13.8 Å². The number of hydrazone groups is 1. The van der Waals surface area contributed by atoms with Gasteiger partial charge in [0, 0.05) is 5.56 Å². The van der Waals surface area contributed by atoms with Crippen molar-refractivity contribution in [2.75, 3.05) is 7.11 Å². The summed E-state index contributed by atoms with van der Waals surface area (Å²) in [5.41, 5.74) is 1.82. The van der Waals surface area contributed by atoms with E-state index in [2.05, 4.69) is 33.1 Å². The lowest BCUT2D eigenvalue weighted by Crippen LogP contribution is -2.18. The predicted octanol–water partition coefficient (Wildman–Crippen LogP) is 5.26. The van der Waals surface area contributed by atoms with Crippen molar-refractivity contribution in [3.63, 3.8) is 0 Å². The average molecular weight is 520 g/mol. The van der Waals surface area contributed by atoms with Crippen LogP contribution in [0.1, 0.15) is 41.8 Å². The molecule has 0 aromatic heterocycles. The third kappa shape index (κ3) is 6.34. The van der Waals surface area contributed by atoms with Crippen LogP contribution in [0.15, 0.2) is 41.5 Å². The number of hydrogen-bond donors (Lipinski definition) is 1. The number of nitrogens with one attached hydrogen (secondary N) is 1. The number of rotatable bonds is 7. The molecule has 0 spiro atoms. The minimum atomic E-state index is -4.52. The van der Waals surface area contributed by atoms with Crippen LogP contribution in [0.25, 0.3) is 0 Å². The van der Waals surface area contributed by atoms with Crippen LogP contribution in [-0.2, 0) is 6.18 Å². The molecule has 1 amide bonds. The quantitative estimate of drug-likeness (QED) is 0.308. The molecule has 0 radical (unpaired) electrons. The summed E-state index contributed by atoms with van der Waals surface area (Å²) in [5.74, 6) is 0.390. The number of methoxy groups -OCH3 is 1. The summed E-state index contributed by atoms with van der Waals surface area (Å²) in [5, 5.41) is 3.83. The standard InChI is InChI=1S/C20H20F3IN2O3/c1-4-12(2)29-18-16(24)8-13(9-17(18)28-3)11-25-26-19(27)14-6-5-7-15(10-14)20(21,22)23/h5-12H,4H2,1-3H3,(H,26,27)/b25-11-/t12-/m0/s1. The molecule has 0 unspecified atom stereocenters. The summed E-state index contributed by atoms with van der Waals surface area (Å²) in [6, 6.07) is 7.62. The highest BCUT2D eigenvalue weighted by atomic mass is 127. The first kappa shape index (κ1) is 23.0. The number of hydrogen-bond acceptors (Lipinski definition) is 4. The predicted molar refractivity (Wildman–Crippen MR) is 113 cm³/mol. The number of alkyl halides is 3. The lowest BCUT2D eigenvalue weighted by molar-refractivity contribution is -0.137. The first-order valence-electron chi connectivity index (χ1n) is 8.70. The number of carbonyl (C=O) groups excluding carboxylic acids is 1. The van der Waals surface area contributed by atoms with Crippen molar-refractivity contribution >= 4 is 34.7 Å². The van der Waals surface area contributed by atoms with E-state index in [-0.39, 0.29) is 11.7 Å². The Morgan fingerprint density at radius 3 is 2.66 bits per heavy atom. The molecular weight excluding hydrogens is 500 g/mol. The van der Waals surface area contributed by atoms with Gasteiger partial charge in [-0.05, 0) is 71.8 Å². The van der Waals surface area contributed by atoms with Crippen molar-refractivity contribution in [2.45, 2.75) is 32.5 Å². The lowest BCUT2D eigenvalue weighted by atomic mass is 10.1. The Bertz CT molecular complexity index is 901. The Morgan fingerprint density at radius 2 is 2.03 bits per heavy atom. The molecule has 2 rings (SSSR count). The molecule has 2 aromatic rings. The molecule has 2 aromatic carbocycles. The molecule has 0 saturated heterocycles. The third-order valence-electron chi connectivity index (χ3n) is 3.98. The van der Waals surface area contributed by atoms with Crippen LogP contribution in [0, 0.1) is 3.57 Å². The van der Waals surface area contributed by atoms with Crippen LogP contribution in [0.2, 0.25) is 0 Å². The highest BCUT2D eigenvalue weighted by Gasteiger charge is 2.30. The van der Waals surface area contributed by atoms with Gasteiger partial charge in [-0.1, -0.05) is 13.0 Å². The highest BCUT2D eigenvalue weighted by molar-refractivity contribution is 14.1. The van der Waals surface area contributed by atoms with Gasteiger partial charge in [-0.15, -0.1) is 0 Å². The van der Waals surface area contributed by atoms with Gasteiger partial charge in [0.2, 0.25) is 0 Å². The minimum absolute atomic E-state index is 0.0173. The van der Waals surface area contributed by atoms with E-state index < -0.39 is 17.6 Å². The van der Waals surface area contributed by atoms with Gasteiger partial charge in [0.05, 0.1) is 28.6 Å². The molecule has 29 heavy (non-hydrogen) atoms. The average Bonchev–Trinajstić information content (AvgIpc) is 2.68. The van der Waals surface area contributed by atoms with E-state index in [1.165, 1.54) is 25.5 Å². The number of nitrogens with zero attached hydrogens (tertiary/aromatic N) is 1. The van der Waals surface area contributed by atoms with Crippen LogP contribution in [0.5, 0.6) is 11.5 Å². The second-order valence-corrected chi connectivity index (χ2v) is 7.31. The van der Waals surface area contributed by atoms with Gasteiger partial charge in [-0.3, -0.25) is 4.79 Å². The molecule has 156 valence electrons. The fourth-order valence-corrected chi connectivity index (χ4v) is 3.03. The van der Waals surface area contributed by atoms with Gasteiger partial charge in [0.15, 0.2) is 11.5 Å². The van der Waals surface area contributed by atoms with E-state index in [9.17, 15) is 18.0 Å². The fourth-order valence-electron chi connectivity index (χ4n) is 2.28. The smallest absolute Gasteiger partial charge is 0.416 e. The molecule has 1 atom stereocenters. The van der Waals surface area contributed by atoms with Crippen molar-refractivity contribution in [1.29, 1.82) is 0 Å². The first-order chi connectivity index (χ1) is 13.7. The van der Waals surface area contributed by atoms with E-state index >= 15 is 0 Å². The summed E-state index contributed by atoms with van der Waals surface area (Å²) in [6.07, 6.45) is -2.29. The molecule has 0 aliphatic heterocycles. The maximum Gasteiger partial charge on any atom is 0.416 e. The Kier molecular flexibility index (Phi) is 7.88. The molecule has 9 heteroatoms. The first-order valence-corrected chi connectivity index (χ1v) is 9.78. The zero-order valence-corrected chi connectivity index (χ0v) is 18.2. The van der Waals surface area contributed by atoms with Crippen LogP contribution >= 0.6 is 22.6 Å². The lowest BCUT2D eigenvalue weighted by Gasteiger charge is -2.17. The van der Waals surface area contributed by atoms with Crippen molar-refractivity contribution in [1.82, 2.24) is 5.43 Å². The summed E-state index contributed by atoms with van der Waals surface area (Å²) >= 11 is 2.11. The monoisotopic (exact) mass is 520 g/mol. The normalized spacial score (nSPS) is 12.7. The zero-order chi connectivity index (χ0) is 21.6. The van der Waals surface area contributed by atoms with Crippen molar-refractivity contribution in [3.8, 4) is 11.5 Å². The largest absolute Gasteiger partial charge is 0.493 e. The molecule has 0 bridgehead atoms. The van der Waals surface area contributed by atoms with Crippen LogP contribution in [-0.4, -0.2) is 25.3 Å². The number of carbonyl (C=O) groups is 1. The Hall–Kier alpha value is -2.30. The van der Waals surface area contributed by atoms with E-state index in [4.69, 9.17) is 9.47 Å². The van der Waals surface area contributed by atoms with Gasteiger partial charge in [-0.2, -0.15) is 18.3 Å². The highest BCUT2D eigenvalue weighted by Crippen LogP contribution is 2.34. The van der Waals surface area contributed by atoms with E-state index in [1.54, 1.807) is 12.1 Å². The summed E-state index contributed by atoms with van der Waals surface area (Å²) in [6.45, 7) is 3.96. The van der Waals surface area contributed by atoms with Gasteiger partial charge >= 0.3 is 6.18 Å². The molecule has 0 saturated carbocycles. The summed E-state index contributed by atoms with van der Waals surface area (Å²) in [7, 11) is 1.52. The number of ether oxygens (including phenoxy) is 2. The maximum atomic E-state index is 12.8. The van der Waals surface area contributed by atoms with E-state index in [0.717, 1.165) is 22.1 Å². The molecular formula is C20H20F3IN2O3. The molecule has 5 nitrogen and oxygen atoms in total. The molecule has 1 N–H and O–H groups in total. The second kappa shape index (κ2) is 9.95. The number of amides is 1. The molecule has 0 aliphatic rings. The fraction of sp³-hybridized carbons (Fsp3) is 0.300. The topological polar surface area (TPSA) is 59.9 Å². The van der Waals surface area contributed by atoms with Gasteiger partial charge in [0.1, 0.15) is 0 Å². The Morgan fingerprint density at radius 1 is 1.31 bits per heavy atom. The van der Waals surface area contributed by atoms with Crippen molar-refractivity contribution in [3.05, 3.63) is 56.7 Å². The summed E-state index contributed by atoms with van der Waals surface area (Å²) < 4.78 is 50.3. The van der Waals surface area contributed by atoms with Crippen LogP contribution < -0.4 is 14.9 Å². The van der Waals surface area contributed by atoms with Crippen LogP contribution in [0.4, 0.5) is 13.2 Å². The third-order valence-corrected chi connectivity index (χ3v) is 4.78. The number of benzene rings is 2. The molecule has 0 fully saturated rings. The SMILES string of the molecule is CC[C@H](C)Oc1c(I)cc(/C=N\NC(=O)c2cccc(C(F)(F)F)c2)cc1OC. The van der Waals surface area contributed by atoms with Gasteiger partial charge in [-0.25, -0.2) is 5.43 Å². The van der Waals surface area contributed by atoms with Crippen LogP contribution in [0.3, 0.4) is 0 Å².